The fourth-order valence-corrected chi connectivity index (χ4v) is 3.42. The van der Waals surface area contributed by atoms with Gasteiger partial charge in [0.15, 0.2) is 0 Å². The molecule has 0 saturated carbocycles. The third-order valence-electron chi connectivity index (χ3n) is 4.10. The maximum atomic E-state index is 5.54. The van der Waals surface area contributed by atoms with Crippen LogP contribution in [0.2, 0.25) is 12.6 Å². The zero-order valence-corrected chi connectivity index (χ0v) is 9.28. The predicted octanol–water partition coefficient (Wildman–Crippen LogP) is 2.98. The molecule has 2 bridgehead atoms. The Morgan fingerprint density at radius 2 is 2.13 bits per heavy atom. The third kappa shape index (κ3) is 1.61. The Morgan fingerprint density at radius 3 is 3.00 bits per heavy atom. The molecule has 0 aromatic heterocycles. The van der Waals surface area contributed by atoms with E-state index in [0.717, 1.165) is 11.8 Å². The minimum Gasteiger partial charge on any atom is -0.438 e. The lowest BCUT2D eigenvalue weighted by Crippen LogP contribution is -2.33. The van der Waals surface area contributed by atoms with Gasteiger partial charge in [0.05, 0.1) is 0 Å². The summed E-state index contributed by atoms with van der Waals surface area (Å²) in [5, 5.41) is 0. The topological polar surface area (TPSA) is 9.23 Å². The van der Waals surface area contributed by atoms with Crippen molar-refractivity contribution in [1.82, 2.24) is 0 Å². The summed E-state index contributed by atoms with van der Waals surface area (Å²) in [5.41, 5.74) is 3.18. The molecule has 2 heteroatoms. The zero-order chi connectivity index (χ0) is 10.3. The first-order valence-electron chi connectivity index (χ1n) is 5.97. The van der Waals surface area contributed by atoms with Crippen LogP contribution in [-0.2, 0) is 11.1 Å². The molecule has 1 aromatic rings. The highest BCUT2D eigenvalue weighted by Gasteiger charge is 2.36. The fourth-order valence-electron chi connectivity index (χ4n) is 3.42. The van der Waals surface area contributed by atoms with Crippen molar-refractivity contribution in [3.63, 3.8) is 0 Å². The van der Waals surface area contributed by atoms with Crippen molar-refractivity contribution in [3.8, 4) is 0 Å². The summed E-state index contributed by atoms with van der Waals surface area (Å²) in [6.45, 7) is 0.502. The van der Waals surface area contributed by atoms with Crippen molar-refractivity contribution >= 4 is 6.92 Å². The first-order chi connectivity index (χ1) is 7.36. The molecule has 1 fully saturated rings. The van der Waals surface area contributed by atoms with Crippen LogP contribution < -0.4 is 0 Å². The number of hydrogen-bond donors (Lipinski definition) is 0. The largest absolute Gasteiger partial charge is 0.438 e. The smallest absolute Gasteiger partial charge is 0.293 e. The SMILES string of the molecule is COB1C[C@H]2Cc3ccccc3[C@@H](C1)C2. The molecule has 0 spiro atoms. The highest BCUT2D eigenvalue weighted by molar-refractivity contribution is 6.52. The molecule has 1 heterocycles. The van der Waals surface area contributed by atoms with E-state index in [1.165, 1.54) is 25.5 Å². The van der Waals surface area contributed by atoms with Gasteiger partial charge < -0.3 is 4.65 Å². The molecule has 15 heavy (non-hydrogen) atoms. The van der Waals surface area contributed by atoms with E-state index in [0.29, 0.717) is 6.92 Å². The Hall–Kier alpha value is -0.755. The molecule has 78 valence electrons. The molecule has 1 saturated heterocycles. The van der Waals surface area contributed by atoms with Gasteiger partial charge in [-0.25, -0.2) is 0 Å². The lowest BCUT2D eigenvalue weighted by atomic mass is 9.46. The van der Waals surface area contributed by atoms with Crippen molar-refractivity contribution in [1.29, 1.82) is 0 Å². The molecule has 1 nitrogen and oxygen atoms in total. The molecule has 0 unspecified atom stereocenters. The van der Waals surface area contributed by atoms with Gasteiger partial charge in [-0.1, -0.05) is 24.3 Å². The summed E-state index contributed by atoms with van der Waals surface area (Å²) < 4.78 is 5.54. The second-order valence-corrected chi connectivity index (χ2v) is 5.03. The van der Waals surface area contributed by atoms with E-state index in [1.807, 2.05) is 7.11 Å². The van der Waals surface area contributed by atoms with Gasteiger partial charge >= 0.3 is 0 Å². The highest BCUT2D eigenvalue weighted by atomic mass is 16.4. The first kappa shape index (κ1) is 9.47. The van der Waals surface area contributed by atoms with Gasteiger partial charge in [-0.3, -0.25) is 0 Å². The molecule has 0 N–H and O–H groups in total. The molecule has 1 aliphatic heterocycles. The van der Waals surface area contributed by atoms with Crippen LogP contribution in [0.3, 0.4) is 0 Å². The minimum absolute atomic E-state index is 0.502. The van der Waals surface area contributed by atoms with Crippen LogP contribution in [0.4, 0.5) is 0 Å². The lowest BCUT2D eigenvalue weighted by molar-refractivity contribution is 0.349. The van der Waals surface area contributed by atoms with E-state index < -0.39 is 0 Å². The predicted molar refractivity (Wildman–Crippen MR) is 63.4 cm³/mol. The summed E-state index contributed by atoms with van der Waals surface area (Å²) in [4.78, 5) is 0. The van der Waals surface area contributed by atoms with Crippen LogP contribution in [0.15, 0.2) is 24.3 Å². The maximum absolute atomic E-state index is 5.54. The van der Waals surface area contributed by atoms with Crippen molar-refractivity contribution in [3.05, 3.63) is 35.4 Å². The Labute approximate surface area is 91.9 Å². The Balaban J connectivity index is 1.94. The molecule has 1 aromatic carbocycles. The van der Waals surface area contributed by atoms with Gasteiger partial charge in [-0.2, -0.15) is 0 Å². The normalized spacial score (nSPS) is 28.7. The molecule has 3 rings (SSSR count). The Morgan fingerprint density at radius 1 is 1.27 bits per heavy atom. The summed E-state index contributed by atoms with van der Waals surface area (Å²) in [7, 11) is 1.86. The Kier molecular flexibility index (Phi) is 2.32. The molecule has 0 radical (unpaired) electrons. The summed E-state index contributed by atoms with van der Waals surface area (Å²) in [5.74, 6) is 1.63. The van der Waals surface area contributed by atoms with Crippen molar-refractivity contribution in [2.45, 2.75) is 31.4 Å². The average molecular weight is 200 g/mol. The van der Waals surface area contributed by atoms with E-state index in [4.69, 9.17) is 4.65 Å². The first-order valence-corrected chi connectivity index (χ1v) is 5.97. The Bertz CT molecular complexity index is 363. The van der Waals surface area contributed by atoms with Crippen LogP contribution in [0.25, 0.3) is 0 Å². The van der Waals surface area contributed by atoms with E-state index in [9.17, 15) is 0 Å². The van der Waals surface area contributed by atoms with E-state index in [-0.39, 0.29) is 0 Å². The van der Waals surface area contributed by atoms with Crippen molar-refractivity contribution < 1.29 is 4.65 Å². The number of benzene rings is 1. The fraction of sp³-hybridized carbons (Fsp3) is 0.538. The van der Waals surface area contributed by atoms with Gasteiger partial charge in [0, 0.05) is 7.11 Å². The van der Waals surface area contributed by atoms with Crippen LogP contribution in [-0.4, -0.2) is 14.0 Å². The van der Waals surface area contributed by atoms with Crippen LogP contribution in [0.1, 0.15) is 23.5 Å². The molecule has 2 atom stereocenters. The van der Waals surface area contributed by atoms with Crippen molar-refractivity contribution in [2.24, 2.45) is 5.92 Å². The van der Waals surface area contributed by atoms with Crippen LogP contribution in [0, 0.1) is 5.92 Å². The van der Waals surface area contributed by atoms with Gasteiger partial charge in [-0.15, -0.1) is 0 Å². The number of rotatable bonds is 1. The standard InChI is InChI=1S/C13H17BO/c1-15-14-8-10-6-11-4-2-3-5-13(11)12(7-10)9-14/h2-5,10,12H,6-9H2,1H3/t10-,12+/m0/s1. The zero-order valence-electron chi connectivity index (χ0n) is 9.28. The number of hydrogen-bond acceptors (Lipinski definition) is 1. The van der Waals surface area contributed by atoms with E-state index in [1.54, 1.807) is 11.1 Å². The molecule has 0 amide bonds. The van der Waals surface area contributed by atoms with Crippen molar-refractivity contribution in [2.75, 3.05) is 7.11 Å². The van der Waals surface area contributed by atoms with Gasteiger partial charge in [0.25, 0.3) is 6.92 Å². The molecular weight excluding hydrogens is 183 g/mol. The summed E-state index contributed by atoms with van der Waals surface area (Å²) in [6, 6.07) is 8.97. The van der Waals surface area contributed by atoms with Gasteiger partial charge in [0.2, 0.25) is 0 Å². The number of fused-ring (bicyclic) bond motifs is 4. The van der Waals surface area contributed by atoms with Gasteiger partial charge in [0.1, 0.15) is 0 Å². The van der Waals surface area contributed by atoms with Crippen LogP contribution >= 0.6 is 0 Å². The average Bonchev–Trinajstić information content (AvgIpc) is 2.28. The van der Waals surface area contributed by atoms with Gasteiger partial charge in [-0.05, 0) is 48.4 Å². The van der Waals surface area contributed by atoms with Crippen LogP contribution in [0.5, 0.6) is 0 Å². The monoisotopic (exact) mass is 200 g/mol. The second-order valence-electron chi connectivity index (χ2n) is 5.03. The third-order valence-corrected chi connectivity index (χ3v) is 4.10. The molecule has 1 aliphatic carbocycles. The summed E-state index contributed by atoms with van der Waals surface area (Å²) in [6.07, 6.45) is 5.15. The quantitative estimate of drug-likeness (QED) is 0.633. The second kappa shape index (κ2) is 3.68. The van der Waals surface area contributed by atoms with E-state index in [2.05, 4.69) is 24.3 Å². The molecule has 2 aliphatic rings. The molecular formula is C13H17BO. The lowest BCUT2D eigenvalue weighted by Gasteiger charge is -2.38. The highest BCUT2D eigenvalue weighted by Crippen LogP contribution is 2.44. The minimum atomic E-state index is 0.502. The van der Waals surface area contributed by atoms with E-state index >= 15 is 0 Å². The maximum Gasteiger partial charge on any atom is 0.293 e. The summed E-state index contributed by atoms with van der Waals surface area (Å²) >= 11 is 0.